The molecule has 1 amide bonds. The number of nitrogens with zero attached hydrogens (tertiary/aromatic N) is 1. The Bertz CT molecular complexity index is 412. The molecule has 2 rings (SSSR count). The van der Waals surface area contributed by atoms with E-state index in [0.717, 1.165) is 12.2 Å². The molecule has 1 aromatic carbocycles. The number of rotatable bonds is 8. The van der Waals surface area contributed by atoms with E-state index in [1.807, 2.05) is 30.3 Å². The average Bonchev–Trinajstić information content (AvgIpc) is 3.23. The van der Waals surface area contributed by atoms with Gasteiger partial charge in [-0.3, -0.25) is 4.79 Å². The number of ether oxygens (including phenoxy) is 1. The molecule has 0 aromatic heterocycles. The van der Waals surface area contributed by atoms with Crippen LogP contribution in [0.15, 0.2) is 43.0 Å². The molecule has 1 aromatic rings. The fourth-order valence-electron chi connectivity index (χ4n) is 1.90. The summed E-state index contributed by atoms with van der Waals surface area (Å²) in [5.74, 6) is 0.721. The van der Waals surface area contributed by atoms with Crippen LogP contribution in [0.1, 0.15) is 18.4 Å². The number of hydrogen-bond donors (Lipinski definition) is 0. The van der Waals surface area contributed by atoms with E-state index in [-0.39, 0.29) is 12.5 Å². The normalized spacial score (nSPS) is 14.1. The molecule has 19 heavy (non-hydrogen) atoms. The summed E-state index contributed by atoms with van der Waals surface area (Å²) in [6.45, 7) is 5.77. The van der Waals surface area contributed by atoms with E-state index in [4.69, 9.17) is 4.74 Å². The first-order valence-electron chi connectivity index (χ1n) is 6.80. The van der Waals surface area contributed by atoms with Crippen LogP contribution in [-0.4, -0.2) is 30.6 Å². The lowest BCUT2D eigenvalue weighted by Crippen LogP contribution is -2.33. The molecule has 0 heterocycles. The number of amides is 1. The molecule has 102 valence electrons. The van der Waals surface area contributed by atoms with Crippen molar-refractivity contribution < 1.29 is 9.53 Å². The van der Waals surface area contributed by atoms with Crippen LogP contribution >= 0.6 is 0 Å². The maximum atomic E-state index is 12.1. The van der Waals surface area contributed by atoms with E-state index in [9.17, 15) is 4.79 Å². The molecule has 0 unspecified atom stereocenters. The van der Waals surface area contributed by atoms with Gasteiger partial charge in [0.2, 0.25) is 5.91 Å². The Hall–Kier alpha value is -1.61. The van der Waals surface area contributed by atoms with Crippen molar-refractivity contribution in [1.82, 2.24) is 4.90 Å². The highest BCUT2D eigenvalue weighted by Gasteiger charge is 2.22. The van der Waals surface area contributed by atoms with Crippen LogP contribution in [-0.2, 0) is 16.1 Å². The quantitative estimate of drug-likeness (QED) is 0.672. The molecule has 0 aliphatic heterocycles. The molecule has 0 N–H and O–H groups in total. The maximum Gasteiger partial charge on any atom is 0.249 e. The zero-order valence-electron chi connectivity index (χ0n) is 11.3. The van der Waals surface area contributed by atoms with Crippen LogP contribution in [0.2, 0.25) is 0 Å². The highest BCUT2D eigenvalue weighted by Crippen LogP contribution is 2.28. The zero-order valence-corrected chi connectivity index (χ0v) is 11.3. The molecule has 1 aliphatic carbocycles. The standard InChI is InChI=1S/C16H21NO2/c1-2-10-17(11-14-6-4-3-5-7-14)16(18)13-19-12-15-8-9-15/h2-7,15H,1,8-13H2. The van der Waals surface area contributed by atoms with Gasteiger partial charge in [0.1, 0.15) is 6.61 Å². The lowest BCUT2D eigenvalue weighted by atomic mass is 10.2. The molecule has 3 heteroatoms. The third kappa shape index (κ3) is 4.87. The van der Waals surface area contributed by atoms with Crippen molar-refractivity contribution in [3.63, 3.8) is 0 Å². The lowest BCUT2D eigenvalue weighted by molar-refractivity contribution is -0.136. The third-order valence-corrected chi connectivity index (χ3v) is 3.19. The van der Waals surface area contributed by atoms with Crippen LogP contribution in [0.3, 0.4) is 0 Å². The van der Waals surface area contributed by atoms with Crippen LogP contribution < -0.4 is 0 Å². The van der Waals surface area contributed by atoms with E-state index in [1.165, 1.54) is 12.8 Å². The fraction of sp³-hybridized carbons (Fsp3) is 0.438. The SMILES string of the molecule is C=CCN(Cc1ccccc1)C(=O)COCC1CC1. The van der Waals surface area contributed by atoms with E-state index >= 15 is 0 Å². The minimum atomic E-state index is 0.0319. The molecule has 0 bridgehead atoms. The van der Waals surface area contributed by atoms with Gasteiger partial charge in [0.05, 0.1) is 6.61 Å². The van der Waals surface area contributed by atoms with E-state index in [2.05, 4.69) is 6.58 Å². The van der Waals surface area contributed by atoms with Gasteiger partial charge in [-0.1, -0.05) is 36.4 Å². The van der Waals surface area contributed by atoms with Gasteiger partial charge < -0.3 is 9.64 Å². The summed E-state index contributed by atoms with van der Waals surface area (Å²) in [5.41, 5.74) is 1.12. The van der Waals surface area contributed by atoms with Crippen molar-refractivity contribution in [2.45, 2.75) is 19.4 Å². The topological polar surface area (TPSA) is 29.5 Å². The van der Waals surface area contributed by atoms with Crippen molar-refractivity contribution in [3.05, 3.63) is 48.6 Å². The molecular formula is C16H21NO2. The second-order valence-electron chi connectivity index (χ2n) is 5.01. The Kier molecular flexibility index (Phi) is 5.16. The molecular weight excluding hydrogens is 238 g/mol. The molecule has 0 radical (unpaired) electrons. The molecule has 1 aliphatic rings. The molecule has 0 atom stereocenters. The Morgan fingerprint density at radius 3 is 2.74 bits per heavy atom. The summed E-state index contributed by atoms with van der Waals surface area (Å²) in [5, 5.41) is 0. The van der Waals surface area contributed by atoms with E-state index in [1.54, 1.807) is 11.0 Å². The maximum absolute atomic E-state index is 12.1. The summed E-state index contributed by atoms with van der Waals surface area (Å²) < 4.78 is 5.46. The average molecular weight is 259 g/mol. The number of carbonyl (C=O) groups excluding carboxylic acids is 1. The van der Waals surface area contributed by atoms with Crippen molar-refractivity contribution in [1.29, 1.82) is 0 Å². The largest absolute Gasteiger partial charge is 0.371 e. The van der Waals surface area contributed by atoms with E-state index in [0.29, 0.717) is 19.0 Å². The van der Waals surface area contributed by atoms with Gasteiger partial charge in [0.15, 0.2) is 0 Å². The second kappa shape index (κ2) is 7.10. The summed E-state index contributed by atoms with van der Waals surface area (Å²) in [4.78, 5) is 13.9. The Morgan fingerprint density at radius 1 is 1.37 bits per heavy atom. The van der Waals surface area contributed by atoms with Gasteiger partial charge in [-0.2, -0.15) is 0 Å². The fourth-order valence-corrected chi connectivity index (χ4v) is 1.90. The lowest BCUT2D eigenvalue weighted by Gasteiger charge is -2.21. The van der Waals surface area contributed by atoms with Crippen LogP contribution in [0.4, 0.5) is 0 Å². The second-order valence-corrected chi connectivity index (χ2v) is 5.01. The molecule has 3 nitrogen and oxygen atoms in total. The first-order chi connectivity index (χ1) is 9.29. The summed E-state index contributed by atoms with van der Waals surface area (Å²) in [7, 11) is 0. The van der Waals surface area contributed by atoms with Gasteiger partial charge in [-0.25, -0.2) is 0 Å². The minimum Gasteiger partial charge on any atom is -0.371 e. The van der Waals surface area contributed by atoms with Crippen LogP contribution in [0, 0.1) is 5.92 Å². The van der Waals surface area contributed by atoms with Crippen molar-refractivity contribution in [3.8, 4) is 0 Å². The van der Waals surface area contributed by atoms with Gasteiger partial charge in [0.25, 0.3) is 0 Å². The van der Waals surface area contributed by atoms with Crippen molar-refractivity contribution in [2.75, 3.05) is 19.8 Å². The summed E-state index contributed by atoms with van der Waals surface area (Å²) >= 11 is 0. The van der Waals surface area contributed by atoms with Gasteiger partial charge in [0, 0.05) is 13.1 Å². The van der Waals surface area contributed by atoms with E-state index < -0.39 is 0 Å². The van der Waals surface area contributed by atoms with Gasteiger partial charge in [-0.05, 0) is 24.3 Å². The van der Waals surface area contributed by atoms with Crippen LogP contribution in [0.25, 0.3) is 0 Å². The highest BCUT2D eigenvalue weighted by molar-refractivity contribution is 5.77. The molecule has 0 saturated heterocycles. The van der Waals surface area contributed by atoms with Crippen molar-refractivity contribution in [2.24, 2.45) is 5.92 Å². The minimum absolute atomic E-state index is 0.0319. The zero-order chi connectivity index (χ0) is 13.5. The Labute approximate surface area is 114 Å². The summed E-state index contributed by atoms with van der Waals surface area (Å²) in [6.07, 6.45) is 4.24. The molecule has 0 spiro atoms. The number of benzene rings is 1. The smallest absolute Gasteiger partial charge is 0.249 e. The van der Waals surface area contributed by atoms with Crippen molar-refractivity contribution >= 4 is 5.91 Å². The first kappa shape index (κ1) is 13.8. The molecule has 1 saturated carbocycles. The Balaban J connectivity index is 1.82. The third-order valence-electron chi connectivity index (χ3n) is 3.19. The predicted octanol–water partition coefficient (Wildman–Crippen LogP) is 2.63. The van der Waals surface area contributed by atoms with Gasteiger partial charge >= 0.3 is 0 Å². The number of hydrogen-bond acceptors (Lipinski definition) is 2. The van der Waals surface area contributed by atoms with Gasteiger partial charge in [-0.15, -0.1) is 6.58 Å². The number of carbonyl (C=O) groups is 1. The monoisotopic (exact) mass is 259 g/mol. The Morgan fingerprint density at radius 2 is 2.11 bits per heavy atom. The highest BCUT2D eigenvalue weighted by atomic mass is 16.5. The predicted molar refractivity (Wildman–Crippen MR) is 75.6 cm³/mol. The molecule has 1 fully saturated rings. The first-order valence-corrected chi connectivity index (χ1v) is 6.80. The summed E-state index contributed by atoms with van der Waals surface area (Å²) in [6, 6.07) is 9.98. The van der Waals surface area contributed by atoms with Crippen LogP contribution in [0.5, 0.6) is 0 Å².